The predicted octanol–water partition coefficient (Wildman–Crippen LogP) is 7.56. The number of hydrogen-bond donors (Lipinski definition) is 2. The molecule has 0 saturated heterocycles. The fourth-order valence-corrected chi connectivity index (χ4v) is 5.45. The Balaban J connectivity index is 3.67. The van der Waals surface area contributed by atoms with Gasteiger partial charge in [0.1, 0.15) is 0 Å². The summed E-state index contributed by atoms with van der Waals surface area (Å²) in [6, 6.07) is 0. The van der Waals surface area contributed by atoms with Gasteiger partial charge in [0.05, 0.1) is 12.3 Å². The van der Waals surface area contributed by atoms with E-state index in [4.69, 9.17) is 4.74 Å². The maximum atomic E-state index is 11.4. The Morgan fingerprint density at radius 1 is 0.724 bits per heavy atom. The van der Waals surface area contributed by atoms with E-state index in [0.717, 1.165) is 18.6 Å². The molecule has 0 heterocycles. The molecule has 0 amide bonds. The molecule has 0 radical (unpaired) electrons. The van der Waals surface area contributed by atoms with Crippen LogP contribution in [0.3, 0.4) is 0 Å². The van der Waals surface area contributed by atoms with E-state index in [9.17, 15) is 14.4 Å². The Morgan fingerprint density at radius 2 is 1.17 bits per heavy atom. The SMILES string of the molecule is CCCCCCCCCCCCSCC(CP(=O)(O)O)OCCCCCCCC. The number of rotatable bonds is 23. The highest BCUT2D eigenvalue weighted by molar-refractivity contribution is 7.99. The van der Waals surface area contributed by atoms with Crippen LogP contribution in [-0.2, 0) is 9.30 Å². The molecule has 29 heavy (non-hydrogen) atoms. The fraction of sp³-hybridized carbons (Fsp3) is 1.00. The third-order valence-electron chi connectivity index (χ3n) is 5.24. The van der Waals surface area contributed by atoms with Crippen molar-refractivity contribution in [3.05, 3.63) is 0 Å². The van der Waals surface area contributed by atoms with Crippen molar-refractivity contribution in [2.75, 3.05) is 24.3 Å². The normalized spacial score (nSPS) is 13.1. The zero-order valence-electron chi connectivity index (χ0n) is 19.3. The molecule has 1 unspecified atom stereocenters. The second-order valence-corrected chi connectivity index (χ2v) is 11.2. The van der Waals surface area contributed by atoms with Crippen molar-refractivity contribution in [2.45, 2.75) is 123 Å². The zero-order chi connectivity index (χ0) is 21.6. The molecule has 0 saturated carbocycles. The van der Waals surface area contributed by atoms with Crippen LogP contribution in [0.4, 0.5) is 0 Å². The molecule has 0 rings (SSSR count). The first-order valence-corrected chi connectivity index (χ1v) is 15.2. The highest BCUT2D eigenvalue weighted by Crippen LogP contribution is 2.36. The minimum atomic E-state index is -4.02. The van der Waals surface area contributed by atoms with Crippen LogP contribution in [0.2, 0.25) is 0 Å². The molecular formula is C23H49O4PS. The van der Waals surface area contributed by atoms with Crippen molar-refractivity contribution in [3.63, 3.8) is 0 Å². The van der Waals surface area contributed by atoms with Crippen LogP contribution in [-0.4, -0.2) is 40.2 Å². The van der Waals surface area contributed by atoms with E-state index in [1.165, 1.54) is 89.9 Å². The lowest BCUT2D eigenvalue weighted by atomic mass is 10.1. The lowest BCUT2D eigenvalue weighted by Gasteiger charge is -2.18. The Kier molecular flexibility index (Phi) is 22.0. The average Bonchev–Trinajstić information content (AvgIpc) is 2.66. The van der Waals surface area contributed by atoms with Crippen LogP contribution >= 0.6 is 19.4 Å². The smallest absolute Gasteiger partial charge is 0.328 e. The Labute approximate surface area is 185 Å². The predicted molar refractivity (Wildman–Crippen MR) is 129 cm³/mol. The molecule has 0 bridgehead atoms. The molecule has 2 N–H and O–H groups in total. The van der Waals surface area contributed by atoms with Crippen LogP contribution < -0.4 is 0 Å². The van der Waals surface area contributed by atoms with Crippen LogP contribution in [0.1, 0.15) is 117 Å². The van der Waals surface area contributed by atoms with Crippen molar-refractivity contribution < 1.29 is 19.1 Å². The third kappa shape index (κ3) is 24.6. The summed E-state index contributed by atoms with van der Waals surface area (Å²) in [5.74, 6) is 1.76. The average molecular weight is 453 g/mol. The first-order chi connectivity index (χ1) is 14.0. The molecule has 0 aromatic heterocycles. The molecule has 0 aliphatic heterocycles. The number of hydrogen-bond acceptors (Lipinski definition) is 3. The lowest BCUT2D eigenvalue weighted by molar-refractivity contribution is 0.0774. The number of ether oxygens (including phenoxy) is 1. The number of unbranched alkanes of at least 4 members (excludes halogenated alkanes) is 14. The van der Waals surface area contributed by atoms with Crippen molar-refractivity contribution in [2.24, 2.45) is 0 Å². The van der Waals surface area contributed by atoms with E-state index >= 15 is 0 Å². The van der Waals surface area contributed by atoms with Crippen molar-refractivity contribution in [1.82, 2.24) is 0 Å². The first-order valence-electron chi connectivity index (χ1n) is 12.2. The maximum absolute atomic E-state index is 11.4. The summed E-state index contributed by atoms with van der Waals surface area (Å²) in [5.41, 5.74) is 0. The summed E-state index contributed by atoms with van der Waals surface area (Å²) in [5, 5.41) is 0. The largest absolute Gasteiger partial charge is 0.377 e. The van der Waals surface area contributed by atoms with E-state index in [-0.39, 0.29) is 12.3 Å². The minimum absolute atomic E-state index is 0.145. The summed E-state index contributed by atoms with van der Waals surface area (Å²) >= 11 is 1.79. The quantitative estimate of drug-likeness (QED) is 0.124. The van der Waals surface area contributed by atoms with Gasteiger partial charge in [-0.1, -0.05) is 104 Å². The van der Waals surface area contributed by atoms with Crippen LogP contribution in [0.15, 0.2) is 0 Å². The third-order valence-corrected chi connectivity index (χ3v) is 7.31. The van der Waals surface area contributed by atoms with E-state index in [1.807, 2.05) is 0 Å². The topological polar surface area (TPSA) is 66.8 Å². The number of thioether (sulfide) groups is 1. The van der Waals surface area contributed by atoms with Gasteiger partial charge in [-0.3, -0.25) is 4.57 Å². The molecule has 0 aromatic carbocycles. The van der Waals surface area contributed by atoms with Gasteiger partial charge in [0, 0.05) is 12.4 Å². The van der Waals surface area contributed by atoms with Crippen molar-refractivity contribution in [1.29, 1.82) is 0 Å². The molecule has 176 valence electrons. The highest BCUT2D eigenvalue weighted by Gasteiger charge is 2.22. The van der Waals surface area contributed by atoms with Gasteiger partial charge < -0.3 is 14.5 Å². The second-order valence-electron chi connectivity index (χ2n) is 8.36. The molecule has 4 nitrogen and oxygen atoms in total. The molecule has 0 aliphatic carbocycles. The molecule has 0 aliphatic rings. The highest BCUT2D eigenvalue weighted by atomic mass is 32.2. The van der Waals surface area contributed by atoms with Gasteiger partial charge >= 0.3 is 7.60 Å². The van der Waals surface area contributed by atoms with Crippen LogP contribution in [0.5, 0.6) is 0 Å². The molecular weight excluding hydrogens is 403 g/mol. The molecule has 1 atom stereocenters. The Bertz CT molecular complexity index is 376. The van der Waals surface area contributed by atoms with Gasteiger partial charge in [0.2, 0.25) is 0 Å². The second kappa shape index (κ2) is 21.7. The van der Waals surface area contributed by atoms with Crippen molar-refractivity contribution in [3.8, 4) is 0 Å². The maximum Gasteiger partial charge on any atom is 0.328 e. The molecule has 0 fully saturated rings. The molecule has 0 spiro atoms. The summed E-state index contributed by atoms with van der Waals surface area (Å²) in [4.78, 5) is 18.6. The summed E-state index contributed by atoms with van der Waals surface area (Å²) in [6.07, 6.45) is 20.1. The van der Waals surface area contributed by atoms with Gasteiger partial charge in [-0.15, -0.1) is 0 Å². The van der Waals surface area contributed by atoms with Crippen LogP contribution in [0.25, 0.3) is 0 Å². The summed E-state index contributed by atoms with van der Waals surface area (Å²) in [7, 11) is -4.02. The van der Waals surface area contributed by atoms with Crippen molar-refractivity contribution >= 4 is 19.4 Å². The van der Waals surface area contributed by atoms with E-state index in [1.54, 1.807) is 11.8 Å². The standard InChI is InChI=1S/C23H49O4PS/c1-3-5-7-9-11-12-13-14-16-18-20-29-22-23(21-28(24,25)26)27-19-17-15-10-8-6-4-2/h23H,3-22H2,1-2H3,(H2,24,25,26). The van der Waals surface area contributed by atoms with Crippen LogP contribution in [0, 0.1) is 0 Å². The van der Waals surface area contributed by atoms with Gasteiger partial charge in [0.15, 0.2) is 0 Å². The zero-order valence-corrected chi connectivity index (χ0v) is 21.0. The van der Waals surface area contributed by atoms with E-state index in [2.05, 4.69) is 13.8 Å². The Morgan fingerprint density at radius 3 is 1.66 bits per heavy atom. The monoisotopic (exact) mass is 452 g/mol. The van der Waals surface area contributed by atoms with Gasteiger partial charge in [-0.2, -0.15) is 11.8 Å². The molecule has 0 aromatic rings. The summed E-state index contributed by atoms with van der Waals surface area (Å²) in [6.45, 7) is 5.09. The molecule has 6 heteroatoms. The minimum Gasteiger partial charge on any atom is -0.377 e. The van der Waals surface area contributed by atoms with E-state index in [0.29, 0.717) is 12.4 Å². The van der Waals surface area contributed by atoms with E-state index < -0.39 is 7.60 Å². The lowest BCUT2D eigenvalue weighted by Crippen LogP contribution is -2.22. The van der Waals surface area contributed by atoms with Gasteiger partial charge in [-0.05, 0) is 18.6 Å². The van der Waals surface area contributed by atoms with Gasteiger partial charge in [-0.25, -0.2) is 0 Å². The van der Waals surface area contributed by atoms with Gasteiger partial charge in [0.25, 0.3) is 0 Å². The summed E-state index contributed by atoms with van der Waals surface area (Å²) < 4.78 is 17.2. The first kappa shape index (κ1) is 29.5. The Hall–Kier alpha value is 0.460. The fourth-order valence-electron chi connectivity index (χ4n) is 3.46.